The van der Waals surface area contributed by atoms with Crippen molar-refractivity contribution in [3.8, 4) is 0 Å². The zero-order valence-corrected chi connectivity index (χ0v) is 15.2. The number of rotatable bonds is 10. The maximum atomic E-state index is 13.7. The summed E-state index contributed by atoms with van der Waals surface area (Å²) in [4.78, 5) is 0. The highest BCUT2D eigenvalue weighted by Gasteiger charge is 2.20. The number of benzene rings is 1. The van der Waals surface area contributed by atoms with Crippen LogP contribution in [-0.2, 0) is 6.42 Å². The molecule has 0 radical (unpaired) electrons. The standard InChI is InChI=1S/C18H29BrFN/c1-4-7-9-14(6-3)17(21-12-5-2)13-15-10-8-11-16(20)18(15)19/h8,10-11,14,17,21H,4-7,9,12-13H2,1-3H3. The minimum atomic E-state index is -0.164. The van der Waals surface area contributed by atoms with E-state index >= 15 is 0 Å². The van der Waals surface area contributed by atoms with E-state index in [1.165, 1.54) is 31.7 Å². The lowest BCUT2D eigenvalue weighted by Crippen LogP contribution is -2.38. The zero-order valence-electron chi connectivity index (χ0n) is 13.6. The minimum Gasteiger partial charge on any atom is -0.313 e. The summed E-state index contributed by atoms with van der Waals surface area (Å²) in [5.41, 5.74) is 1.07. The summed E-state index contributed by atoms with van der Waals surface area (Å²) in [5.74, 6) is 0.495. The van der Waals surface area contributed by atoms with Gasteiger partial charge in [0.1, 0.15) is 5.82 Å². The van der Waals surface area contributed by atoms with E-state index in [1.807, 2.05) is 6.07 Å². The van der Waals surface area contributed by atoms with Crippen LogP contribution in [0.2, 0.25) is 0 Å². The molecular weight excluding hydrogens is 329 g/mol. The molecule has 1 aromatic carbocycles. The van der Waals surface area contributed by atoms with Crippen molar-refractivity contribution in [2.75, 3.05) is 6.54 Å². The maximum absolute atomic E-state index is 13.7. The summed E-state index contributed by atoms with van der Waals surface area (Å²) in [6, 6.07) is 5.77. The van der Waals surface area contributed by atoms with Crippen molar-refractivity contribution in [1.82, 2.24) is 5.32 Å². The molecule has 0 aliphatic heterocycles. The highest BCUT2D eigenvalue weighted by molar-refractivity contribution is 9.10. The van der Waals surface area contributed by atoms with Crippen molar-refractivity contribution in [3.05, 3.63) is 34.1 Å². The van der Waals surface area contributed by atoms with E-state index in [0.29, 0.717) is 16.4 Å². The average molecular weight is 358 g/mol. The molecule has 0 saturated carbocycles. The second-order valence-corrected chi connectivity index (χ2v) is 6.58. The molecule has 0 heterocycles. The number of unbranched alkanes of at least 4 members (excludes halogenated alkanes) is 1. The van der Waals surface area contributed by atoms with Crippen molar-refractivity contribution in [1.29, 1.82) is 0 Å². The van der Waals surface area contributed by atoms with Gasteiger partial charge in [-0.3, -0.25) is 0 Å². The first-order valence-corrected chi connectivity index (χ1v) is 9.09. The van der Waals surface area contributed by atoms with Gasteiger partial charge in [-0.1, -0.05) is 52.2 Å². The molecular formula is C18H29BrFN. The Morgan fingerprint density at radius 3 is 2.57 bits per heavy atom. The van der Waals surface area contributed by atoms with Gasteiger partial charge in [0.15, 0.2) is 0 Å². The van der Waals surface area contributed by atoms with E-state index in [4.69, 9.17) is 0 Å². The summed E-state index contributed by atoms with van der Waals surface area (Å²) < 4.78 is 14.3. The van der Waals surface area contributed by atoms with Crippen LogP contribution in [0.15, 0.2) is 22.7 Å². The molecule has 0 bridgehead atoms. The van der Waals surface area contributed by atoms with Crippen LogP contribution < -0.4 is 5.32 Å². The highest BCUT2D eigenvalue weighted by atomic mass is 79.9. The number of nitrogens with one attached hydrogen (secondary N) is 1. The summed E-state index contributed by atoms with van der Waals surface area (Å²) in [5, 5.41) is 3.68. The van der Waals surface area contributed by atoms with E-state index in [-0.39, 0.29) is 5.82 Å². The fourth-order valence-electron chi connectivity index (χ4n) is 2.83. The summed E-state index contributed by atoms with van der Waals surface area (Å²) >= 11 is 3.40. The Hall–Kier alpha value is -0.410. The lowest BCUT2D eigenvalue weighted by atomic mass is 9.87. The molecule has 21 heavy (non-hydrogen) atoms. The van der Waals surface area contributed by atoms with Crippen LogP contribution in [-0.4, -0.2) is 12.6 Å². The quantitative estimate of drug-likeness (QED) is 0.564. The normalized spacial score (nSPS) is 14.1. The van der Waals surface area contributed by atoms with E-state index in [2.05, 4.69) is 42.0 Å². The molecule has 0 aliphatic carbocycles. The van der Waals surface area contributed by atoms with Crippen LogP contribution in [0.5, 0.6) is 0 Å². The molecule has 3 heteroatoms. The molecule has 1 rings (SSSR count). The zero-order chi connectivity index (χ0) is 15.7. The van der Waals surface area contributed by atoms with Gasteiger partial charge >= 0.3 is 0 Å². The van der Waals surface area contributed by atoms with Crippen molar-refractivity contribution < 1.29 is 4.39 Å². The van der Waals surface area contributed by atoms with Crippen molar-refractivity contribution in [2.45, 2.75) is 65.3 Å². The van der Waals surface area contributed by atoms with Gasteiger partial charge in [-0.2, -0.15) is 0 Å². The predicted molar refractivity (Wildman–Crippen MR) is 93.2 cm³/mol. The lowest BCUT2D eigenvalue weighted by Gasteiger charge is -2.28. The Balaban J connectivity index is 2.82. The molecule has 0 aromatic heterocycles. The third-order valence-electron chi connectivity index (χ3n) is 4.15. The molecule has 2 atom stereocenters. The third-order valence-corrected chi connectivity index (χ3v) is 5.04. The molecule has 0 aliphatic rings. The predicted octanol–water partition coefficient (Wildman–Crippen LogP) is 5.72. The van der Waals surface area contributed by atoms with E-state index in [1.54, 1.807) is 6.07 Å². The molecule has 1 aromatic rings. The first-order valence-electron chi connectivity index (χ1n) is 8.30. The van der Waals surface area contributed by atoms with E-state index in [9.17, 15) is 4.39 Å². The van der Waals surface area contributed by atoms with Gasteiger partial charge < -0.3 is 5.32 Å². The van der Waals surface area contributed by atoms with Gasteiger partial charge in [-0.15, -0.1) is 0 Å². The fourth-order valence-corrected chi connectivity index (χ4v) is 3.26. The molecule has 120 valence electrons. The monoisotopic (exact) mass is 357 g/mol. The van der Waals surface area contributed by atoms with Crippen LogP contribution in [0.25, 0.3) is 0 Å². The Kier molecular flexibility index (Phi) is 9.18. The SMILES string of the molecule is CCCCC(CC)C(Cc1cccc(F)c1Br)NCCC. The van der Waals surface area contributed by atoms with Gasteiger partial charge in [0.05, 0.1) is 4.47 Å². The van der Waals surface area contributed by atoms with Gasteiger partial charge in [0.2, 0.25) is 0 Å². The second-order valence-electron chi connectivity index (χ2n) is 5.79. The minimum absolute atomic E-state index is 0.164. The largest absolute Gasteiger partial charge is 0.313 e. The van der Waals surface area contributed by atoms with Crippen LogP contribution in [0.3, 0.4) is 0 Å². The molecule has 1 nitrogen and oxygen atoms in total. The molecule has 2 unspecified atom stereocenters. The van der Waals surface area contributed by atoms with Crippen LogP contribution in [0.1, 0.15) is 58.4 Å². The second kappa shape index (κ2) is 10.3. The molecule has 0 spiro atoms. The Morgan fingerprint density at radius 1 is 1.19 bits per heavy atom. The van der Waals surface area contributed by atoms with E-state index in [0.717, 1.165) is 24.9 Å². The molecule has 0 fully saturated rings. The first-order chi connectivity index (χ1) is 10.1. The molecule has 1 N–H and O–H groups in total. The number of hydrogen-bond donors (Lipinski definition) is 1. The van der Waals surface area contributed by atoms with Crippen LogP contribution >= 0.6 is 15.9 Å². The van der Waals surface area contributed by atoms with E-state index < -0.39 is 0 Å². The van der Waals surface area contributed by atoms with Gasteiger partial charge in [-0.25, -0.2) is 4.39 Å². The average Bonchev–Trinajstić information content (AvgIpc) is 2.49. The third kappa shape index (κ3) is 6.07. The Labute approximate surface area is 137 Å². The van der Waals surface area contributed by atoms with Gasteiger partial charge in [-0.05, 0) is 59.3 Å². The topological polar surface area (TPSA) is 12.0 Å². The summed E-state index contributed by atoms with van der Waals surface area (Å²) in [6.45, 7) is 7.72. The van der Waals surface area contributed by atoms with Crippen molar-refractivity contribution in [2.24, 2.45) is 5.92 Å². The van der Waals surface area contributed by atoms with Crippen molar-refractivity contribution >= 4 is 15.9 Å². The lowest BCUT2D eigenvalue weighted by molar-refractivity contribution is 0.315. The van der Waals surface area contributed by atoms with Crippen LogP contribution in [0, 0.1) is 11.7 Å². The maximum Gasteiger partial charge on any atom is 0.137 e. The number of hydrogen-bond acceptors (Lipinski definition) is 1. The smallest absolute Gasteiger partial charge is 0.137 e. The molecule has 0 amide bonds. The van der Waals surface area contributed by atoms with Crippen LogP contribution in [0.4, 0.5) is 4.39 Å². The Bertz CT molecular complexity index is 408. The fraction of sp³-hybridized carbons (Fsp3) is 0.667. The molecule has 0 saturated heterocycles. The highest BCUT2D eigenvalue weighted by Crippen LogP contribution is 2.26. The summed E-state index contributed by atoms with van der Waals surface area (Å²) in [7, 11) is 0. The number of halogens is 2. The summed E-state index contributed by atoms with van der Waals surface area (Å²) in [6.07, 6.45) is 6.95. The first kappa shape index (κ1) is 18.6. The van der Waals surface area contributed by atoms with Crippen molar-refractivity contribution in [3.63, 3.8) is 0 Å². The van der Waals surface area contributed by atoms with Gasteiger partial charge in [0, 0.05) is 6.04 Å². The Morgan fingerprint density at radius 2 is 1.95 bits per heavy atom. The van der Waals surface area contributed by atoms with Gasteiger partial charge in [0.25, 0.3) is 0 Å².